The minimum Gasteiger partial charge on any atom is -1.00 e. The molecule has 7 heteroatoms. The third kappa shape index (κ3) is 17.2. The van der Waals surface area contributed by atoms with Gasteiger partial charge in [-0.2, -0.15) is 8.42 Å². The Morgan fingerprint density at radius 3 is 1.79 bits per heavy atom. The van der Waals surface area contributed by atoms with Gasteiger partial charge >= 0.3 is 29.6 Å². The second-order valence-corrected chi connectivity index (χ2v) is 8.25. The minimum atomic E-state index is -4.06. The first-order valence-corrected chi connectivity index (χ1v) is 10.6. The normalized spacial score (nSPS) is 12.5. The summed E-state index contributed by atoms with van der Waals surface area (Å²) in [6.45, 7) is 3.57. The molecule has 0 aliphatic carbocycles. The average Bonchev–Trinajstić information content (AvgIpc) is 2.49. The van der Waals surface area contributed by atoms with Gasteiger partial charge in [-0.3, -0.25) is 9.35 Å². The van der Waals surface area contributed by atoms with Crippen LogP contribution in [0.1, 0.15) is 92.3 Å². The fraction of sp³-hybridized carbons (Fsp3) is 0.941. The standard InChI is InChI=1S/C17H35NO4S.Na.H/c1-3-4-5-6-7-8-9-10-11-12-13-14-17(19)18-15-16(2)23(20,21)22;;/h16H,3-15H2,1-2H3,(H,18,19)(H,20,21,22);;/q;+1;-1. The van der Waals surface area contributed by atoms with E-state index in [1.54, 1.807) is 0 Å². The quantitative estimate of drug-likeness (QED) is 0.257. The van der Waals surface area contributed by atoms with Crippen LogP contribution in [0.15, 0.2) is 0 Å². The Balaban J connectivity index is -0.00000242. The molecule has 0 aromatic rings. The molecule has 0 aliphatic heterocycles. The van der Waals surface area contributed by atoms with Crippen molar-refractivity contribution in [1.29, 1.82) is 0 Å². The number of rotatable bonds is 15. The van der Waals surface area contributed by atoms with E-state index in [0.717, 1.165) is 19.3 Å². The topological polar surface area (TPSA) is 83.5 Å². The van der Waals surface area contributed by atoms with Gasteiger partial charge in [0.1, 0.15) is 5.25 Å². The van der Waals surface area contributed by atoms with E-state index in [1.807, 2.05) is 0 Å². The predicted octanol–water partition coefficient (Wildman–Crippen LogP) is 1.20. The summed E-state index contributed by atoms with van der Waals surface area (Å²) in [5.74, 6) is -0.142. The molecule has 1 amide bonds. The summed E-state index contributed by atoms with van der Waals surface area (Å²) in [6, 6.07) is 0. The smallest absolute Gasteiger partial charge is 1.00 e. The van der Waals surface area contributed by atoms with Crippen LogP contribution >= 0.6 is 0 Å². The number of amides is 1. The maximum Gasteiger partial charge on any atom is 1.00 e. The maximum atomic E-state index is 11.5. The molecule has 2 N–H and O–H groups in total. The molecule has 0 spiro atoms. The van der Waals surface area contributed by atoms with Gasteiger partial charge in [-0.05, 0) is 13.3 Å². The molecular formula is C17H36NNaO4S. The summed E-state index contributed by atoms with van der Waals surface area (Å²) < 4.78 is 30.4. The Kier molecular flexibility index (Phi) is 18.7. The molecule has 24 heavy (non-hydrogen) atoms. The number of carbonyl (C=O) groups is 1. The van der Waals surface area contributed by atoms with Crippen LogP contribution in [-0.4, -0.2) is 30.7 Å². The van der Waals surface area contributed by atoms with Crippen molar-refractivity contribution in [2.24, 2.45) is 0 Å². The molecule has 0 heterocycles. The Bertz CT molecular complexity index is 407. The van der Waals surface area contributed by atoms with Crippen molar-refractivity contribution in [2.75, 3.05) is 6.54 Å². The van der Waals surface area contributed by atoms with E-state index in [0.29, 0.717) is 6.42 Å². The number of unbranched alkanes of at least 4 members (excludes halogenated alkanes) is 10. The first-order chi connectivity index (χ1) is 10.9. The van der Waals surface area contributed by atoms with Crippen molar-refractivity contribution < 1.29 is 48.7 Å². The third-order valence-corrected chi connectivity index (χ3v) is 5.29. The molecule has 5 nitrogen and oxygen atoms in total. The van der Waals surface area contributed by atoms with Gasteiger partial charge in [0, 0.05) is 13.0 Å². The molecule has 0 bridgehead atoms. The first kappa shape index (κ1) is 26.6. The van der Waals surface area contributed by atoms with E-state index < -0.39 is 15.4 Å². The molecule has 0 saturated heterocycles. The van der Waals surface area contributed by atoms with Crippen LogP contribution in [0.5, 0.6) is 0 Å². The van der Waals surface area contributed by atoms with Crippen molar-refractivity contribution in [1.82, 2.24) is 5.32 Å². The number of nitrogens with one attached hydrogen (secondary N) is 1. The van der Waals surface area contributed by atoms with Gasteiger partial charge in [-0.15, -0.1) is 0 Å². The largest absolute Gasteiger partial charge is 1.00 e. The molecule has 1 unspecified atom stereocenters. The van der Waals surface area contributed by atoms with Gasteiger partial charge in [0.25, 0.3) is 10.1 Å². The summed E-state index contributed by atoms with van der Waals surface area (Å²) >= 11 is 0. The van der Waals surface area contributed by atoms with Crippen LogP contribution in [0.4, 0.5) is 0 Å². The van der Waals surface area contributed by atoms with Crippen LogP contribution in [-0.2, 0) is 14.9 Å². The molecule has 0 rings (SSSR count). The number of hydrogen-bond acceptors (Lipinski definition) is 3. The van der Waals surface area contributed by atoms with E-state index >= 15 is 0 Å². The van der Waals surface area contributed by atoms with E-state index in [1.165, 1.54) is 58.3 Å². The Labute approximate surface area is 172 Å². The SMILES string of the molecule is CCCCCCCCCCCCCC(=O)NCC(C)S(=O)(=O)O.[H-].[Na+]. The number of hydrogen-bond donors (Lipinski definition) is 2. The van der Waals surface area contributed by atoms with Crippen molar-refractivity contribution >= 4 is 16.0 Å². The summed E-state index contributed by atoms with van der Waals surface area (Å²) in [5, 5.41) is 1.59. The zero-order valence-corrected chi connectivity index (χ0v) is 18.7. The maximum absolute atomic E-state index is 11.5. The van der Waals surface area contributed by atoms with E-state index in [4.69, 9.17) is 4.55 Å². The number of carbonyl (C=O) groups excluding carboxylic acids is 1. The molecular weight excluding hydrogens is 337 g/mol. The van der Waals surface area contributed by atoms with Crippen LogP contribution in [0, 0.1) is 0 Å². The molecule has 140 valence electrons. The first-order valence-electron chi connectivity index (χ1n) is 9.11. The predicted molar refractivity (Wildman–Crippen MR) is 96.2 cm³/mol. The fourth-order valence-electron chi connectivity index (χ4n) is 2.40. The van der Waals surface area contributed by atoms with E-state index in [-0.39, 0.29) is 43.4 Å². The van der Waals surface area contributed by atoms with Gasteiger partial charge in [0.15, 0.2) is 0 Å². The molecule has 0 aromatic heterocycles. The summed E-state index contributed by atoms with van der Waals surface area (Å²) in [4.78, 5) is 11.5. The van der Waals surface area contributed by atoms with Crippen molar-refractivity contribution in [3.63, 3.8) is 0 Å². The van der Waals surface area contributed by atoms with Crippen LogP contribution in [0.3, 0.4) is 0 Å². The van der Waals surface area contributed by atoms with Gasteiger partial charge in [0.05, 0.1) is 0 Å². The Hall–Kier alpha value is 0.380. The Morgan fingerprint density at radius 1 is 0.958 bits per heavy atom. The van der Waals surface area contributed by atoms with Crippen molar-refractivity contribution in [2.45, 2.75) is 96.1 Å². The van der Waals surface area contributed by atoms with Gasteiger partial charge < -0.3 is 6.74 Å². The van der Waals surface area contributed by atoms with Gasteiger partial charge in [-0.1, -0.05) is 71.1 Å². The van der Waals surface area contributed by atoms with Crippen LogP contribution in [0.25, 0.3) is 0 Å². The second-order valence-electron chi connectivity index (χ2n) is 6.42. The zero-order valence-electron chi connectivity index (χ0n) is 16.8. The molecule has 1 atom stereocenters. The summed E-state index contributed by atoms with van der Waals surface area (Å²) in [5.41, 5.74) is 0. The summed E-state index contributed by atoms with van der Waals surface area (Å²) in [7, 11) is -4.06. The second kappa shape index (κ2) is 16.8. The molecule has 0 radical (unpaired) electrons. The average molecular weight is 374 g/mol. The van der Waals surface area contributed by atoms with Crippen molar-refractivity contribution in [3.05, 3.63) is 0 Å². The van der Waals surface area contributed by atoms with Gasteiger partial charge in [-0.25, -0.2) is 0 Å². The minimum absolute atomic E-state index is 0. The van der Waals surface area contributed by atoms with Crippen LogP contribution in [0.2, 0.25) is 0 Å². The molecule has 0 fully saturated rings. The summed E-state index contributed by atoms with van der Waals surface area (Å²) in [6.07, 6.45) is 14.0. The van der Waals surface area contributed by atoms with Crippen LogP contribution < -0.4 is 34.9 Å². The molecule has 0 aliphatic rings. The van der Waals surface area contributed by atoms with Gasteiger partial charge in [0.2, 0.25) is 5.91 Å². The monoisotopic (exact) mass is 373 g/mol. The molecule has 0 aromatic carbocycles. The molecule has 0 saturated carbocycles. The Morgan fingerprint density at radius 2 is 1.38 bits per heavy atom. The fourth-order valence-corrected chi connectivity index (χ4v) is 2.69. The van der Waals surface area contributed by atoms with Crippen molar-refractivity contribution in [3.8, 4) is 0 Å². The third-order valence-electron chi connectivity index (χ3n) is 4.10. The van der Waals surface area contributed by atoms with E-state index in [9.17, 15) is 13.2 Å². The zero-order chi connectivity index (χ0) is 17.6. The van der Waals surface area contributed by atoms with E-state index in [2.05, 4.69) is 12.2 Å².